The Bertz CT molecular complexity index is 658. The smallest absolute Gasteiger partial charge is 0.229 e. The average molecular weight is 325 g/mol. The van der Waals surface area contributed by atoms with Gasteiger partial charge in [0.05, 0.1) is 17.6 Å². The van der Waals surface area contributed by atoms with E-state index < -0.39 is 10.0 Å². The second-order valence-corrected chi connectivity index (χ2v) is 7.78. The van der Waals surface area contributed by atoms with E-state index in [-0.39, 0.29) is 17.9 Å². The number of aryl methyl sites for hydroxylation is 1. The van der Waals surface area contributed by atoms with E-state index in [2.05, 4.69) is 10.0 Å². The van der Waals surface area contributed by atoms with Crippen LogP contribution >= 0.6 is 0 Å². The predicted octanol–water partition coefficient (Wildman–Crippen LogP) is 1.82. The number of hydrogen-bond acceptors (Lipinski definition) is 4. The summed E-state index contributed by atoms with van der Waals surface area (Å²) in [5.74, 6) is 0.0700. The van der Waals surface area contributed by atoms with Gasteiger partial charge in [0, 0.05) is 12.5 Å². The van der Waals surface area contributed by atoms with Crippen molar-refractivity contribution >= 4 is 27.3 Å². The molecule has 1 amide bonds. The van der Waals surface area contributed by atoms with E-state index in [1.807, 2.05) is 6.92 Å². The maximum atomic E-state index is 12.2. The minimum absolute atomic E-state index is 0.0804. The summed E-state index contributed by atoms with van der Waals surface area (Å²) in [5, 5.41) is 2.80. The van der Waals surface area contributed by atoms with Crippen LogP contribution in [0, 0.1) is 12.8 Å². The first-order chi connectivity index (χ1) is 10.2. The van der Waals surface area contributed by atoms with Gasteiger partial charge in [-0.15, -0.1) is 0 Å². The lowest BCUT2D eigenvalue weighted by molar-refractivity contribution is -0.117. The first kappa shape index (κ1) is 16.8. The molecule has 1 saturated carbocycles. The van der Waals surface area contributed by atoms with Gasteiger partial charge in [0.1, 0.15) is 0 Å². The van der Waals surface area contributed by atoms with Gasteiger partial charge < -0.3 is 11.1 Å². The molecule has 0 unspecified atom stereocenters. The highest BCUT2D eigenvalue weighted by molar-refractivity contribution is 7.92. The zero-order chi connectivity index (χ0) is 16.3. The highest BCUT2D eigenvalue weighted by Gasteiger charge is 2.26. The van der Waals surface area contributed by atoms with Crippen LogP contribution < -0.4 is 15.8 Å². The minimum atomic E-state index is -3.40. The van der Waals surface area contributed by atoms with Crippen LogP contribution in [0.4, 0.5) is 11.4 Å². The maximum absolute atomic E-state index is 12.2. The van der Waals surface area contributed by atoms with Gasteiger partial charge in [-0.1, -0.05) is 12.5 Å². The van der Waals surface area contributed by atoms with E-state index in [4.69, 9.17) is 5.73 Å². The van der Waals surface area contributed by atoms with Gasteiger partial charge in [-0.3, -0.25) is 9.52 Å². The number of rotatable bonds is 5. The molecule has 0 radical (unpaired) electrons. The van der Waals surface area contributed by atoms with Gasteiger partial charge in [0.15, 0.2) is 0 Å². The van der Waals surface area contributed by atoms with E-state index in [1.54, 1.807) is 18.2 Å². The predicted molar refractivity (Wildman–Crippen MR) is 88.2 cm³/mol. The summed E-state index contributed by atoms with van der Waals surface area (Å²) in [4.78, 5) is 12.2. The largest absolute Gasteiger partial charge is 0.327 e. The van der Waals surface area contributed by atoms with Crippen molar-refractivity contribution in [3.05, 3.63) is 23.8 Å². The molecule has 6 nitrogen and oxygen atoms in total. The van der Waals surface area contributed by atoms with Crippen molar-refractivity contribution < 1.29 is 13.2 Å². The van der Waals surface area contributed by atoms with Crippen molar-refractivity contribution in [1.29, 1.82) is 0 Å². The fourth-order valence-corrected chi connectivity index (χ4v) is 3.39. The Morgan fingerprint density at radius 1 is 1.32 bits per heavy atom. The van der Waals surface area contributed by atoms with Gasteiger partial charge in [-0.2, -0.15) is 0 Å². The number of nitrogens with two attached hydrogens (primary N) is 1. The number of amides is 1. The van der Waals surface area contributed by atoms with E-state index in [0.717, 1.165) is 31.1 Å². The molecule has 1 aromatic carbocycles. The Morgan fingerprint density at radius 3 is 2.64 bits per heavy atom. The molecule has 0 saturated heterocycles. The number of benzene rings is 1. The molecule has 2 rings (SSSR count). The van der Waals surface area contributed by atoms with Crippen LogP contribution in [0.5, 0.6) is 0 Å². The Hall–Kier alpha value is -1.60. The molecule has 0 heterocycles. The molecule has 0 aromatic heterocycles. The second kappa shape index (κ2) is 6.66. The Kier molecular flexibility index (Phi) is 5.08. The quantitative estimate of drug-likeness (QED) is 0.768. The summed E-state index contributed by atoms with van der Waals surface area (Å²) in [6.07, 6.45) is 4.44. The molecule has 0 bridgehead atoms. The third-order valence-electron chi connectivity index (χ3n) is 3.91. The highest BCUT2D eigenvalue weighted by atomic mass is 32.2. The van der Waals surface area contributed by atoms with E-state index in [1.165, 1.54) is 0 Å². The lowest BCUT2D eigenvalue weighted by Crippen LogP contribution is -2.28. The highest BCUT2D eigenvalue weighted by Crippen LogP contribution is 2.28. The van der Waals surface area contributed by atoms with Crippen LogP contribution in [-0.4, -0.2) is 26.6 Å². The molecule has 0 aliphatic heterocycles. The van der Waals surface area contributed by atoms with Crippen molar-refractivity contribution in [3.63, 3.8) is 0 Å². The Balaban J connectivity index is 2.10. The summed E-state index contributed by atoms with van der Waals surface area (Å²) in [5.41, 5.74) is 7.77. The summed E-state index contributed by atoms with van der Waals surface area (Å²) in [7, 11) is -3.40. The molecule has 1 aromatic rings. The first-order valence-electron chi connectivity index (χ1n) is 7.38. The summed E-state index contributed by atoms with van der Waals surface area (Å²) < 4.78 is 25.2. The first-order valence-corrected chi connectivity index (χ1v) is 9.27. The molecule has 0 spiro atoms. The molecule has 1 aliphatic carbocycles. The van der Waals surface area contributed by atoms with Crippen LogP contribution in [0.1, 0.15) is 31.2 Å². The monoisotopic (exact) mass is 325 g/mol. The Labute approximate surface area is 131 Å². The lowest BCUT2D eigenvalue weighted by atomic mass is 10.00. The number of nitrogens with one attached hydrogen (secondary N) is 2. The number of anilines is 2. The maximum Gasteiger partial charge on any atom is 0.229 e. The van der Waals surface area contributed by atoms with Crippen molar-refractivity contribution in [2.24, 2.45) is 11.7 Å². The molecule has 1 fully saturated rings. The molecular weight excluding hydrogens is 302 g/mol. The van der Waals surface area contributed by atoms with Crippen LogP contribution in [0.15, 0.2) is 18.2 Å². The average Bonchev–Trinajstić information content (AvgIpc) is 2.77. The molecule has 122 valence electrons. The molecule has 4 N–H and O–H groups in total. The van der Waals surface area contributed by atoms with Crippen LogP contribution in [0.3, 0.4) is 0 Å². The fraction of sp³-hybridized carbons (Fsp3) is 0.533. The summed E-state index contributed by atoms with van der Waals surface area (Å²) >= 11 is 0. The third kappa shape index (κ3) is 4.71. The van der Waals surface area contributed by atoms with Crippen LogP contribution in [0.2, 0.25) is 0 Å². The zero-order valence-electron chi connectivity index (χ0n) is 12.9. The van der Waals surface area contributed by atoms with E-state index in [9.17, 15) is 13.2 Å². The summed E-state index contributed by atoms with van der Waals surface area (Å²) in [6, 6.07) is 5.26. The van der Waals surface area contributed by atoms with Crippen molar-refractivity contribution in [2.75, 3.05) is 16.3 Å². The van der Waals surface area contributed by atoms with Gasteiger partial charge >= 0.3 is 0 Å². The number of hydrogen-bond donors (Lipinski definition) is 3. The van der Waals surface area contributed by atoms with E-state index >= 15 is 0 Å². The number of carbonyl (C=O) groups is 1. The standard InChI is InChI=1S/C15H23N3O3S/c1-10-6-7-13(18-22(2,20)21)14(8-10)17-15(19)9-11-4-3-5-12(11)16/h6-8,11-12,18H,3-5,9,16H2,1-2H3,(H,17,19)/t11-,12+/m0/s1. The summed E-state index contributed by atoms with van der Waals surface area (Å²) in [6.45, 7) is 1.88. The number of sulfonamides is 1. The van der Waals surface area contributed by atoms with Gasteiger partial charge in [-0.05, 0) is 43.4 Å². The fourth-order valence-electron chi connectivity index (χ4n) is 2.81. The molecular formula is C15H23N3O3S. The second-order valence-electron chi connectivity index (χ2n) is 6.03. The normalized spacial score (nSPS) is 21.6. The van der Waals surface area contributed by atoms with Crippen molar-refractivity contribution in [2.45, 2.75) is 38.6 Å². The van der Waals surface area contributed by atoms with E-state index in [0.29, 0.717) is 17.8 Å². The van der Waals surface area contributed by atoms with Gasteiger partial charge in [-0.25, -0.2) is 8.42 Å². The molecule has 22 heavy (non-hydrogen) atoms. The SMILES string of the molecule is Cc1ccc(NS(C)(=O)=O)c(NC(=O)C[C@@H]2CCC[C@H]2N)c1. The van der Waals surface area contributed by atoms with Gasteiger partial charge in [0.2, 0.25) is 15.9 Å². The number of carbonyl (C=O) groups excluding carboxylic acids is 1. The minimum Gasteiger partial charge on any atom is -0.327 e. The van der Waals surface area contributed by atoms with Crippen molar-refractivity contribution in [3.8, 4) is 0 Å². The third-order valence-corrected chi connectivity index (χ3v) is 4.50. The molecule has 7 heteroatoms. The van der Waals surface area contributed by atoms with Gasteiger partial charge in [0.25, 0.3) is 0 Å². The Morgan fingerprint density at radius 2 is 2.05 bits per heavy atom. The zero-order valence-corrected chi connectivity index (χ0v) is 13.7. The van der Waals surface area contributed by atoms with Crippen LogP contribution in [-0.2, 0) is 14.8 Å². The van der Waals surface area contributed by atoms with Crippen LogP contribution in [0.25, 0.3) is 0 Å². The lowest BCUT2D eigenvalue weighted by Gasteiger charge is -2.17. The topological polar surface area (TPSA) is 101 Å². The molecule has 2 atom stereocenters. The van der Waals surface area contributed by atoms with Crippen molar-refractivity contribution in [1.82, 2.24) is 0 Å². The molecule has 1 aliphatic rings.